The smallest absolute Gasteiger partial charge is 0.254 e. The van der Waals surface area contributed by atoms with E-state index in [1.165, 1.54) is 6.42 Å². The number of carbonyl (C=O) groups is 1. The average Bonchev–Trinajstić information content (AvgIpc) is 2.61. The van der Waals surface area contributed by atoms with Gasteiger partial charge in [-0.05, 0) is 70.2 Å². The zero-order valence-corrected chi connectivity index (χ0v) is 16.4. The van der Waals surface area contributed by atoms with E-state index >= 15 is 0 Å². The van der Waals surface area contributed by atoms with Crippen molar-refractivity contribution in [3.05, 3.63) is 29.3 Å². The quantitative estimate of drug-likeness (QED) is 0.840. The molecule has 3 rings (SSSR count). The second-order valence-electron chi connectivity index (χ2n) is 8.12. The maximum absolute atomic E-state index is 12.8. The van der Waals surface area contributed by atoms with Crippen LogP contribution in [0.4, 0.5) is 5.69 Å². The number of piperidine rings is 1. The van der Waals surface area contributed by atoms with Crippen molar-refractivity contribution in [2.24, 2.45) is 5.92 Å². The van der Waals surface area contributed by atoms with Crippen LogP contribution in [0.15, 0.2) is 18.2 Å². The number of carbonyl (C=O) groups excluding carboxylic acids is 1. The highest BCUT2D eigenvalue weighted by atomic mass is 16.5. The summed E-state index contributed by atoms with van der Waals surface area (Å²) in [6.07, 6.45) is 4.09. The van der Waals surface area contributed by atoms with E-state index in [9.17, 15) is 4.79 Å². The molecule has 0 bridgehead atoms. The molecule has 2 saturated heterocycles. The van der Waals surface area contributed by atoms with Crippen molar-refractivity contribution in [2.45, 2.75) is 52.2 Å². The summed E-state index contributed by atoms with van der Waals surface area (Å²) in [7, 11) is 0. The Morgan fingerprint density at radius 3 is 2.50 bits per heavy atom. The molecule has 1 aromatic carbocycles. The van der Waals surface area contributed by atoms with E-state index in [4.69, 9.17) is 10.5 Å². The zero-order chi connectivity index (χ0) is 18.7. The van der Waals surface area contributed by atoms with Crippen LogP contribution >= 0.6 is 0 Å². The minimum absolute atomic E-state index is 0.129. The van der Waals surface area contributed by atoms with Gasteiger partial charge in [0.25, 0.3) is 5.91 Å². The van der Waals surface area contributed by atoms with Crippen LogP contribution in [0.25, 0.3) is 0 Å². The molecule has 0 radical (unpaired) electrons. The molecule has 5 heteroatoms. The second kappa shape index (κ2) is 8.40. The predicted molar refractivity (Wildman–Crippen MR) is 105 cm³/mol. The molecule has 0 saturated carbocycles. The van der Waals surface area contributed by atoms with Gasteiger partial charge in [0.05, 0.1) is 12.2 Å². The zero-order valence-electron chi connectivity index (χ0n) is 16.4. The number of morpholine rings is 1. The van der Waals surface area contributed by atoms with Gasteiger partial charge in [0.1, 0.15) is 0 Å². The van der Waals surface area contributed by atoms with Gasteiger partial charge in [-0.25, -0.2) is 0 Å². The molecule has 5 nitrogen and oxygen atoms in total. The van der Waals surface area contributed by atoms with Gasteiger partial charge >= 0.3 is 0 Å². The van der Waals surface area contributed by atoms with Gasteiger partial charge in [0, 0.05) is 37.4 Å². The van der Waals surface area contributed by atoms with E-state index in [1.807, 2.05) is 30.0 Å². The molecule has 2 aliphatic rings. The Bertz CT molecular complexity index is 616. The lowest BCUT2D eigenvalue weighted by Crippen LogP contribution is -2.46. The number of ether oxygens (including phenoxy) is 1. The fourth-order valence-electron chi connectivity index (χ4n) is 4.30. The van der Waals surface area contributed by atoms with Crippen LogP contribution in [-0.2, 0) is 4.74 Å². The Labute approximate surface area is 157 Å². The second-order valence-corrected chi connectivity index (χ2v) is 8.12. The molecular weight excluding hydrogens is 326 g/mol. The number of aryl methyl sites for hydroxylation is 1. The van der Waals surface area contributed by atoms with Crippen LogP contribution in [0.3, 0.4) is 0 Å². The number of anilines is 1. The summed E-state index contributed by atoms with van der Waals surface area (Å²) in [6.45, 7) is 11.2. The summed E-state index contributed by atoms with van der Waals surface area (Å²) in [6, 6.07) is 5.59. The number of nitrogens with two attached hydrogens (primary N) is 1. The molecule has 2 atom stereocenters. The topological polar surface area (TPSA) is 58.8 Å². The Morgan fingerprint density at radius 1 is 1.19 bits per heavy atom. The summed E-state index contributed by atoms with van der Waals surface area (Å²) in [4.78, 5) is 17.3. The maximum Gasteiger partial charge on any atom is 0.254 e. The minimum atomic E-state index is 0.129. The number of amides is 1. The molecule has 0 spiro atoms. The molecule has 144 valence electrons. The first kappa shape index (κ1) is 19.2. The molecule has 0 aromatic heterocycles. The summed E-state index contributed by atoms with van der Waals surface area (Å²) in [5.74, 6) is 0.846. The number of nitrogen functional groups attached to an aromatic ring is 1. The molecule has 2 unspecified atom stereocenters. The average molecular weight is 360 g/mol. The number of nitrogens with zero attached hydrogens (tertiary/aromatic N) is 2. The highest BCUT2D eigenvalue weighted by molar-refractivity contribution is 5.96. The molecule has 26 heavy (non-hydrogen) atoms. The SMILES string of the molecule is Cc1ccc(N)cc1C(=O)N1CCC(CCN2CC(C)OC(C)C2)CC1. The molecule has 1 aromatic rings. The molecule has 2 aliphatic heterocycles. The monoisotopic (exact) mass is 359 g/mol. The molecular formula is C21H33N3O2. The van der Waals surface area contributed by atoms with Gasteiger partial charge in [0.2, 0.25) is 0 Å². The number of hydrogen-bond acceptors (Lipinski definition) is 4. The summed E-state index contributed by atoms with van der Waals surface area (Å²) in [5.41, 5.74) is 8.27. The summed E-state index contributed by atoms with van der Waals surface area (Å²) in [5, 5.41) is 0. The largest absolute Gasteiger partial charge is 0.399 e. The lowest BCUT2D eigenvalue weighted by atomic mass is 9.92. The van der Waals surface area contributed by atoms with Gasteiger partial charge in [0.15, 0.2) is 0 Å². The van der Waals surface area contributed by atoms with Crippen LogP contribution < -0.4 is 5.73 Å². The van der Waals surface area contributed by atoms with Crippen LogP contribution in [0.2, 0.25) is 0 Å². The molecule has 2 fully saturated rings. The number of hydrogen-bond donors (Lipinski definition) is 1. The third kappa shape index (κ3) is 4.77. The Morgan fingerprint density at radius 2 is 1.85 bits per heavy atom. The van der Waals surface area contributed by atoms with Gasteiger partial charge in [-0.3, -0.25) is 9.69 Å². The predicted octanol–water partition coefficient (Wildman–Crippen LogP) is 2.93. The van der Waals surface area contributed by atoms with Gasteiger partial charge in [-0.2, -0.15) is 0 Å². The Balaban J connectivity index is 1.47. The van der Waals surface area contributed by atoms with Crippen LogP contribution in [-0.4, -0.2) is 60.6 Å². The van der Waals surface area contributed by atoms with Crippen molar-refractivity contribution >= 4 is 11.6 Å². The third-order valence-electron chi connectivity index (χ3n) is 5.74. The lowest BCUT2D eigenvalue weighted by Gasteiger charge is -2.37. The fraction of sp³-hybridized carbons (Fsp3) is 0.667. The van der Waals surface area contributed by atoms with Crippen molar-refractivity contribution in [3.8, 4) is 0 Å². The van der Waals surface area contributed by atoms with E-state index in [2.05, 4.69) is 18.7 Å². The Hall–Kier alpha value is -1.59. The van der Waals surface area contributed by atoms with Crippen molar-refractivity contribution in [1.29, 1.82) is 0 Å². The van der Waals surface area contributed by atoms with Crippen molar-refractivity contribution in [2.75, 3.05) is 38.5 Å². The standard InChI is InChI=1S/C21H33N3O2/c1-15-4-5-19(22)12-20(15)21(25)24-10-7-18(8-11-24)6-9-23-13-16(2)26-17(3)14-23/h4-5,12,16-18H,6-11,13-14,22H2,1-3H3. The van der Waals surface area contributed by atoms with Crippen molar-refractivity contribution in [1.82, 2.24) is 9.80 Å². The normalized spacial score (nSPS) is 25.4. The first-order valence-corrected chi connectivity index (χ1v) is 9.95. The van der Waals surface area contributed by atoms with E-state index in [-0.39, 0.29) is 5.91 Å². The summed E-state index contributed by atoms with van der Waals surface area (Å²) >= 11 is 0. The Kier molecular flexibility index (Phi) is 6.20. The first-order chi connectivity index (χ1) is 12.4. The fourth-order valence-corrected chi connectivity index (χ4v) is 4.30. The van der Waals surface area contributed by atoms with Crippen LogP contribution in [0.1, 0.15) is 49.0 Å². The van der Waals surface area contributed by atoms with Crippen molar-refractivity contribution in [3.63, 3.8) is 0 Å². The van der Waals surface area contributed by atoms with Crippen LogP contribution in [0.5, 0.6) is 0 Å². The number of likely N-dealkylation sites (tertiary alicyclic amines) is 1. The van der Waals surface area contributed by atoms with E-state index < -0.39 is 0 Å². The molecule has 2 heterocycles. The third-order valence-corrected chi connectivity index (χ3v) is 5.74. The first-order valence-electron chi connectivity index (χ1n) is 9.95. The molecule has 0 aliphatic carbocycles. The summed E-state index contributed by atoms with van der Waals surface area (Å²) < 4.78 is 5.81. The van der Waals surface area contributed by atoms with E-state index in [1.54, 1.807) is 0 Å². The molecule has 1 amide bonds. The van der Waals surface area contributed by atoms with E-state index in [0.717, 1.165) is 62.6 Å². The number of benzene rings is 1. The maximum atomic E-state index is 12.8. The van der Waals surface area contributed by atoms with Gasteiger partial charge in [-0.1, -0.05) is 6.07 Å². The highest BCUT2D eigenvalue weighted by Crippen LogP contribution is 2.24. The minimum Gasteiger partial charge on any atom is -0.399 e. The van der Waals surface area contributed by atoms with Gasteiger partial charge < -0.3 is 15.4 Å². The van der Waals surface area contributed by atoms with Gasteiger partial charge in [-0.15, -0.1) is 0 Å². The lowest BCUT2D eigenvalue weighted by molar-refractivity contribution is -0.0693. The molecule has 2 N–H and O–H groups in total. The number of rotatable bonds is 4. The van der Waals surface area contributed by atoms with E-state index in [0.29, 0.717) is 17.9 Å². The highest BCUT2D eigenvalue weighted by Gasteiger charge is 2.26. The van der Waals surface area contributed by atoms with Crippen molar-refractivity contribution < 1.29 is 9.53 Å². The van der Waals surface area contributed by atoms with Crippen LogP contribution in [0, 0.1) is 12.8 Å².